The van der Waals surface area contributed by atoms with Gasteiger partial charge < -0.3 is 4.18 Å². The molecule has 0 fully saturated rings. The van der Waals surface area contributed by atoms with Crippen molar-refractivity contribution >= 4 is 20.5 Å². The Morgan fingerprint density at radius 2 is 1.74 bits per heavy atom. The largest absolute Gasteiger partial charge is 0.444 e. The zero-order chi connectivity index (χ0) is 14.4. The first-order chi connectivity index (χ1) is 8.16. The number of benzene rings is 1. The van der Waals surface area contributed by atoms with Gasteiger partial charge in [0, 0.05) is 38.5 Å². The van der Waals surface area contributed by atoms with Crippen LogP contribution >= 0.6 is 0 Å². The molecule has 7 nitrogen and oxygen atoms in total. The molecule has 1 aromatic rings. The fraction of sp³-hybridized carbons (Fsp3) is 0.333. The Morgan fingerprint density at radius 3 is 2.16 bits per heavy atom. The second-order valence-electron chi connectivity index (χ2n) is 2.80. The third-order valence-electron chi connectivity index (χ3n) is 1.38. The van der Waals surface area contributed by atoms with E-state index < -0.39 is 26.3 Å². The summed E-state index contributed by atoms with van der Waals surface area (Å²) in [5.74, 6) is -1.06. The van der Waals surface area contributed by atoms with Gasteiger partial charge in [0.05, 0.1) is 5.75 Å². The zero-order valence-corrected chi connectivity index (χ0v) is 14.7. The van der Waals surface area contributed by atoms with Crippen molar-refractivity contribution in [1.29, 1.82) is 0 Å². The number of hydrogen-bond donors (Lipinski definition) is 2. The van der Waals surface area contributed by atoms with Crippen LogP contribution in [-0.2, 0) is 59.0 Å². The maximum absolute atomic E-state index is 10.5. The van der Waals surface area contributed by atoms with E-state index in [0.717, 1.165) is 6.07 Å². The van der Waals surface area contributed by atoms with Crippen LogP contribution in [0.1, 0.15) is 19.4 Å². The summed E-state index contributed by atoms with van der Waals surface area (Å²) in [6.45, 7) is 4.00. The summed E-state index contributed by atoms with van der Waals surface area (Å²) in [6, 6.07) is 5.82. The Labute approximate surface area is 137 Å². The molecule has 0 aliphatic rings. The van der Waals surface area contributed by atoms with Crippen molar-refractivity contribution in [3.8, 4) is 5.75 Å². The first-order valence-corrected chi connectivity index (χ1v) is 7.76. The molecule has 1 radical (unpaired) electrons. The minimum absolute atomic E-state index is 0. The van der Waals surface area contributed by atoms with Gasteiger partial charge in [-0.05, 0) is 0 Å². The zero-order valence-electron chi connectivity index (χ0n) is 10.3. The van der Waals surface area contributed by atoms with Crippen LogP contribution < -0.4 is 4.18 Å². The van der Waals surface area contributed by atoms with Crippen LogP contribution in [0.3, 0.4) is 0 Å². The molecule has 0 spiro atoms. The predicted molar refractivity (Wildman–Crippen MR) is 64.1 cm³/mol. The van der Waals surface area contributed by atoms with E-state index in [0.29, 0.717) is 0 Å². The molecule has 1 rings (SSSR count). The maximum atomic E-state index is 10.5. The molecule has 0 bridgehead atoms. The summed E-state index contributed by atoms with van der Waals surface area (Å²) in [7, 11) is -8.90. The minimum atomic E-state index is -4.68. The molecule has 2 N–H and O–H groups in total. The van der Waals surface area contributed by atoms with Gasteiger partial charge in [-0.25, -0.2) is 0 Å². The molecule has 0 heterocycles. The Kier molecular flexibility index (Phi) is 10.0. The van der Waals surface area contributed by atoms with Crippen molar-refractivity contribution in [2.24, 2.45) is 0 Å². The van der Waals surface area contributed by atoms with E-state index in [2.05, 4.69) is 10.2 Å². The van der Waals surface area contributed by atoms with Crippen LogP contribution in [0.5, 0.6) is 5.75 Å². The Morgan fingerprint density at radius 1 is 1.21 bits per heavy atom. The molecule has 107 valence electrons. The van der Waals surface area contributed by atoms with Gasteiger partial charge >= 0.3 is 10.4 Å². The second-order valence-corrected chi connectivity index (χ2v) is 5.27. The summed E-state index contributed by atoms with van der Waals surface area (Å²) in [5, 5.41) is 0. The summed E-state index contributed by atoms with van der Waals surface area (Å²) in [4.78, 5) is 0. The standard InChI is InChI=1S/C7H7O7S2.C2H6.Y/c8-15(9,10)5-6-2-1-3-7(4-6)14-16(11,12)13;1-2;/h1-2,4H,5H2,(H,8,9,10)(H,11,12,13);1-2H3;/q-1;;. The van der Waals surface area contributed by atoms with Crippen molar-refractivity contribution in [2.75, 3.05) is 0 Å². The van der Waals surface area contributed by atoms with Gasteiger partial charge in [0.25, 0.3) is 10.1 Å². The third-order valence-corrected chi connectivity index (χ3v) is 2.47. The van der Waals surface area contributed by atoms with Crippen LogP contribution in [0.2, 0.25) is 0 Å². The minimum Gasteiger partial charge on any atom is -0.389 e. The molecule has 0 aliphatic heterocycles. The SMILES string of the molecule is CC.O=S(=O)(O)Cc1cc[c-]c(OS(=O)(=O)O)c1.[Y]. The van der Waals surface area contributed by atoms with Crippen molar-refractivity contribution in [3.63, 3.8) is 0 Å². The van der Waals surface area contributed by atoms with Gasteiger partial charge in [-0.3, -0.25) is 9.11 Å². The molecule has 0 saturated carbocycles. The molecular weight excluding hydrogens is 373 g/mol. The molecule has 0 saturated heterocycles. The molecule has 10 heteroatoms. The van der Waals surface area contributed by atoms with Crippen LogP contribution in [0.4, 0.5) is 0 Å². The maximum Gasteiger partial charge on any atom is 0.444 e. The number of hydrogen-bond acceptors (Lipinski definition) is 5. The molecule has 0 atom stereocenters. The Bertz CT molecular complexity index is 531. The van der Waals surface area contributed by atoms with Crippen LogP contribution in [0.15, 0.2) is 18.2 Å². The van der Waals surface area contributed by atoms with Crippen molar-refractivity contribution in [1.82, 2.24) is 0 Å². The van der Waals surface area contributed by atoms with Gasteiger partial charge in [-0.2, -0.15) is 29.0 Å². The molecule has 0 aromatic heterocycles. The fourth-order valence-corrected chi connectivity index (χ4v) is 1.87. The van der Waals surface area contributed by atoms with Crippen LogP contribution in [0.25, 0.3) is 0 Å². The molecule has 0 aliphatic carbocycles. The van der Waals surface area contributed by atoms with Gasteiger partial charge in [-0.15, -0.1) is 17.7 Å². The molecule has 1 aromatic carbocycles. The molecular formula is C9H13O7S2Y-. The first-order valence-electron chi connectivity index (χ1n) is 4.78. The van der Waals surface area contributed by atoms with Gasteiger partial charge in [0.15, 0.2) is 0 Å². The van der Waals surface area contributed by atoms with E-state index in [-0.39, 0.29) is 44.0 Å². The Hall–Kier alpha value is -0.0561. The number of rotatable bonds is 4. The second kappa shape index (κ2) is 8.99. The van der Waals surface area contributed by atoms with Gasteiger partial charge in [-0.1, -0.05) is 13.8 Å². The van der Waals surface area contributed by atoms with Crippen molar-refractivity contribution < 1.29 is 62.8 Å². The quantitative estimate of drug-likeness (QED) is 0.587. The smallest absolute Gasteiger partial charge is 0.389 e. The average molecular weight is 386 g/mol. The van der Waals surface area contributed by atoms with E-state index in [4.69, 9.17) is 9.11 Å². The first kappa shape index (κ1) is 21.2. The third kappa shape index (κ3) is 11.5. The summed E-state index contributed by atoms with van der Waals surface area (Å²) >= 11 is 0. The fourth-order valence-electron chi connectivity index (χ4n) is 0.951. The van der Waals surface area contributed by atoms with E-state index in [1.165, 1.54) is 12.1 Å². The average Bonchev–Trinajstić information content (AvgIpc) is 2.15. The van der Waals surface area contributed by atoms with Gasteiger partial charge in [0.1, 0.15) is 0 Å². The summed E-state index contributed by atoms with van der Waals surface area (Å²) in [5.41, 5.74) is 0.0971. The molecule has 0 unspecified atom stereocenters. The van der Waals surface area contributed by atoms with Crippen molar-refractivity contribution in [2.45, 2.75) is 19.6 Å². The van der Waals surface area contributed by atoms with Gasteiger partial charge in [0.2, 0.25) is 0 Å². The van der Waals surface area contributed by atoms with Crippen molar-refractivity contribution in [3.05, 3.63) is 29.8 Å². The summed E-state index contributed by atoms with van der Waals surface area (Å²) in [6.07, 6.45) is 0. The van der Waals surface area contributed by atoms with E-state index in [1.807, 2.05) is 13.8 Å². The van der Waals surface area contributed by atoms with E-state index in [9.17, 15) is 16.8 Å². The Balaban J connectivity index is 0. The summed E-state index contributed by atoms with van der Waals surface area (Å²) < 4.78 is 62.7. The topological polar surface area (TPSA) is 118 Å². The van der Waals surface area contributed by atoms with Crippen LogP contribution in [0, 0.1) is 6.07 Å². The normalized spacial score (nSPS) is 10.7. The predicted octanol–water partition coefficient (Wildman–Crippen LogP) is 1.08. The van der Waals surface area contributed by atoms with E-state index >= 15 is 0 Å². The molecule has 19 heavy (non-hydrogen) atoms. The van der Waals surface area contributed by atoms with E-state index in [1.54, 1.807) is 0 Å². The van der Waals surface area contributed by atoms with Crippen LogP contribution in [-0.4, -0.2) is 25.9 Å². The monoisotopic (exact) mass is 386 g/mol. The molecule has 0 amide bonds.